The number of nitriles is 1. The van der Waals surface area contributed by atoms with Crippen LogP contribution in [0.15, 0.2) is 42.7 Å². The van der Waals surface area contributed by atoms with Crippen LogP contribution >= 0.6 is 11.6 Å². The molecule has 2 aromatic carbocycles. The van der Waals surface area contributed by atoms with Gasteiger partial charge < -0.3 is 20.1 Å². The highest BCUT2D eigenvalue weighted by molar-refractivity contribution is 6.32. The quantitative estimate of drug-likeness (QED) is 0.554. The number of amides is 1. The number of fused-ring (bicyclic) bond motifs is 1. The zero-order valence-corrected chi connectivity index (χ0v) is 17.3. The summed E-state index contributed by atoms with van der Waals surface area (Å²) in [5, 5.41) is 14.5. The van der Waals surface area contributed by atoms with Crippen LogP contribution in [0.2, 0.25) is 5.02 Å². The van der Waals surface area contributed by atoms with Crippen LogP contribution in [0.3, 0.4) is 0 Å². The molecule has 0 radical (unpaired) electrons. The highest BCUT2D eigenvalue weighted by Gasteiger charge is 2.34. The zero-order valence-electron chi connectivity index (χ0n) is 16.5. The van der Waals surface area contributed by atoms with Crippen molar-refractivity contribution in [2.45, 2.75) is 6.18 Å². The van der Waals surface area contributed by atoms with Gasteiger partial charge in [0.25, 0.3) is 11.8 Å². The number of nitrogens with one attached hydrogen (secondary N) is 2. The summed E-state index contributed by atoms with van der Waals surface area (Å²) in [6.07, 6.45) is -3.48. The van der Waals surface area contributed by atoms with Gasteiger partial charge in [-0.25, -0.2) is 4.98 Å². The van der Waals surface area contributed by atoms with Gasteiger partial charge in [0.1, 0.15) is 18.7 Å². The molecule has 0 bridgehead atoms. The molecular formula is C21H13ClF3N5O3. The third kappa shape index (κ3) is 4.75. The third-order valence-corrected chi connectivity index (χ3v) is 4.83. The van der Waals surface area contributed by atoms with Crippen molar-refractivity contribution in [3.05, 3.63) is 64.4 Å². The molecule has 1 amide bonds. The number of carbonyl (C=O) groups is 1. The topological polar surface area (TPSA) is 109 Å². The van der Waals surface area contributed by atoms with Crippen LogP contribution in [0.25, 0.3) is 0 Å². The van der Waals surface area contributed by atoms with Gasteiger partial charge in [-0.1, -0.05) is 11.6 Å². The van der Waals surface area contributed by atoms with Crippen LogP contribution in [0, 0.1) is 11.3 Å². The highest BCUT2D eigenvalue weighted by Crippen LogP contribution is 2.38. The standard InChI is InChI=1S/C21H13ClF3N5O3/c22-15-4-2-11(7-16(15)33-20-17-18(28-10-29-20)27-5-6-32-17)19(31)30-13-3-1-12(9-26)14(8-13)21(23,24)25/h1-4,7-8,10H,5-6H2,(H,30,31)(H,27,28,29). The first-order chi connectivity index (χ1) is 15.8. The second-order valence-corrected chi connectivity index (χ2v) is 7.11. The van der Waals surface area contributed by atoms with Crippen LogP contribution < -0.4 is 20.1 Å². The van der Waals surface area contributed by atoms with E-state index in [9.17, 15) is 18.0 Å². The number of anilines is 2. The van der Waals surface area contributed by atoms with E-state index in [0.29, 0.717) is 25.0 Å². The lowest BCUT2D eigenvalue weighted by Crippen LogP contribution is -2.19. The third-order valence-electron chi connectivity index (χ3n) is 4.52. The largest absolute Gasteiger partial charge is 0.483 e. The molecule has 0 aliphatic carbocycles. The predicted molar refractivity (Wildman–Crippen MR) is 112 cm³/mol. The number of hydrogen-bond donors (Lipinski definition) is 2. The molecule has 0 saturated carbocycles. The Hall–Kier alpha value is -4.04. The number of alkyl halides is 3. The molecule has 2 heterocycles. The number of ether oxygens (including phenoxy) is 2. The smallest absolute Gasteiger partial charge is 0.417 e. The average Bonchev–Trinajstić information content (AvgIpc) is 2.80. The van der Waals surface area contributed by atoms with Gasteiger partial charge in [0.15, 0.2) is 5.82 Å². The Balaban J connectivity index is 1.59. The van der Waals surface area contributed by atoms with Crippen molar-refractivity contribution in [1.29, 1.82) is 5.26 Å². The van der Waals surface area contributed by atoms with E-state index in [2.05, 4.69) is 20.6 Å². The van der Waals surface area contributed by atoms with E-state index >= 15 is 0 Å². The molecule has 0 fully saturated rings. The minimum absolute atomic E-state index is 0.0642. The number of rotatable bonds is 4. The van der Waals surface area contributed by atoms with Gasteiger partial charge in [0, 0.05) is 11.3 Å². The summed E-state index contributed by atoms with van der Waals surface area (Å²) in [6.45, 7) is 0.933. The maximum absolute atomic E-state index is 13.2. The molecule has 2 N–H and O–H groups in total. The van der Waals surface area contributed by atoms with Gasteiger partial charge in [-0.05, 0) is 36.4 Å². The molecule has 168 valence electrons. The van der Waals surface area contributed by atoms with Crippen molar-refractivity contribution in [3.63, 3.8) is 0 Å². The van der Waals surface area contributed by atoms with Gasteiger partial charge in [-0.3, -0.25) is 4.79 Å². The number of halogens is 4. The molecule has 1 aliphatic heterocycles. The van der Waals surface area contributed by atoms with Crippen LogP contribution in [0.1, 0.15) is 21.5 Å². The Morgan fingerprint density at radius 1 is 1.24 bits per heavy atom. The molecule has 0 unspecified atom stereocenters. The van der Waals surface area contributed by atoms with Crippen LogP contribution in [-0.2, 0) is 6.18 Å². The normalized spacial score (nSPS) is 12.6. The van der Waals surface area contributed by atoms with Crippen molar-refractivity contribution < 1.29 is 27.4 Å². The zero-order chi connectivity index (χ0) is 23.6. The number of carbonyl (C=O) groups excluding carboxylic acids is 1. The number of nitrogens with zero attached hydrogens (tertiary/aromatic N) is 3. The number of aromatic nitrogens is 2. The predicted octanol–water partition coefficient (Wildman–Crippen LogP) is 4.87. The summed E-state index contributed by atoms with van der Waals surface area (Å²) in [6, 6.07) is 8.47. The Bertz CT molecular complexity index is 1280. The van der Waals surface area contributed by atoms with Crippen LogP contribution in [-0.4, -0.2) is 29.0 Å². The SMILES string of the molecule is N#Cc1ccc(NC(=O)c2ccc(Cl)c(Oc3ncnc4c3OCCN4)c2)cc1C(F)(F)F. The summed E-state index contributed by atoms with van der Waals surface area (Å²) in [5.74, 6) is 0.172. The monoisotopic (exact) mass is 475 g/mol. The van der Waals surface area contributed by atoms with Gasteiger partial charge in [0.05, 0.1) is 28.8 Å². The highest BCUT2D eigenvalue weighted by atomic mass is 35.5. The molecule has 3 aromatic rings. The first-order valence-electron chi connectivity index (χ1n) is 9.38. The van der Waals surface area contributed by atoms with E-state index in [0.717, 1.165) is 6.07 Å². The first kappa shape index (κ1) is 22.2. The molecule has 33 heavy (non-hydrogen) atoms. The summed E-state index contributed by atoms with van der Waals surface area (Å²) >= 11 is 6.19. The van der Waals surface area contributed by atoms with E-state index in [-0.39, 0.29) is 33.7 Å². The fraction of sp³-hybridized carbons (Fsp3) is 0.143. The lowest BCUT2D eigenvalue weighted by Gasteiger charge is -2.19. The van der Waals surface area contributed by atoms with Gasteiger partial charge in [-0.2, -0.15) is 23.4 Å². The maximum atomic E-state index is 13.2. The van der Waals surface area contributed by atoms with Crippen molar-refractivity contribution in [2.24, 2.45) is 0 Å². The second-order valence-electron chi connectivity index (χ2n) is 6.70. The first-order valence-corrected chi connectivity index (χ1v) is 9.76. The maximum Gasteiger partial charge on any atom is 0.417 e. The van der Waals surface area contributed by atoms with Gasteiger partial charge in [0.2, 0.25) is 5.75 Å². The lowest BCUT2D eigenvalue weighted by molar-refractivity contribution is -0.137. The fourth-order valence-electron chi connectivity index (χ4n) is 2.99. The summed E-state index contributed by atoms with van der Waals surface area (Å²) < 4.78 is 50.8. The Morgan fingerprint density at radius 3 is 2.82 bits per heavy atom. The van der Waals surface area contributed by atoms with Crippen molar-refractivity contribution in [1.82, 2.24) is 9.97 Å². The number of hydrogen-bond acceptors (Lipinski definition) is 7. The second kappa shape index (κ2) is 8.84. The molecule has 1 aromatic heterocycles. The van der Waals surface area contributed by atoms with Crippen molar-refractivity contribution >= 4 is 29.0 Å². The van der Waals surface area contributed by atoms with Crippen molar-refractivity contribution in [3.8, 4) is 23.4 Å². The molecule has 12 heteroatoms. The van der Waals surface area contributed by atoms with E-state index in [1.54, 1.807) is 0 Å². The molecule has 0 atom stereocenters. The molecular weight excluding hydrogens is 463 g/mol. The average molecular weight is 476 g/mol. The van der Waals surface area contributed by atoms with Gasteiger partial charge >= 0.3 is 6.18 Å². The molecule has 0 spiro atoms. The molecule has 0 saturated heterocycles. The van der Waals surface area contributed by atoms with E-state index < -0.39 is 23.2 Å². The van der Waals surface area contributed by atoms with E-state index in [1.165, 1.54) is 36.7 Å². The minimum Gasteiger partial charge on any atom is -0.483 e. The molecule has 4 rings (SSSR count). The van der Waals surface area contributed by atoms with Crippen LogP contribution in [0.5, 0.6) is 17.4 Å². The summed E-state index contributed by atoms with van der Waals surface area (Å²) in [7, 11) is 0. The van der Waals surface area contributed by atoms with Gasteiger partial charge in [-0.15, -0.1) is 0 Å². The van der Waals surface area contributed by atoms with Crippen molar-refractivity contribution in [2.75, 3.05) is 23.8 Å². The summed E-state index contributed by atoms with van der Waals surface area (Å²) in [5.41, 5.74) is -1.76. The summed E-state index contributed by atoms with van der Waals surface area (Å²) in [4.78, 5) is 20.7. The van der Waals surface area contributed by atoms with E-state index in [1.807, 2.05) is 0 Å². The Morgan fingerprint density at radius 2 is 2.06 bits per heavy atom. The fourth-order valence-corrected chi connectivity index (χ4v) is 3.15. The molecule has 1 aliphatic rings. The Labute approximate surface area is 189 Å². The minimum atomic E-state index is -4.75. The Kier molecular flexibility index (Phi) is 5.93. The lowest BCUT2D eigenvalue weighted by atomic mass is 10.1. The number of benzene rings is 2. The molecule has 8 nitrogen and oxygen atoms in total. The van der Waals surface area contributed by atoms with E-state index in [4.69, 9.17) is 26.3 Å². The van der Waals surface area contributed by atoms with Crippen LogP contribution in [0.4, 0.5) is 24.7 Å².